The fourth-order valence-electron chi connectivity index (χ4n) is 2.56. The molecule has 1 saturated carbocycles. The molecule has 2 N–H and O–H groups in total. The van der Waals surface area contributed by atoms with Gasteiger partial charge in [0.1, 0.15) is 0 Å². The van der Waals surface area contributed by atoms with E-state index in [-0.39, 0.29) is 31.9 Å². The molecule has 1 aliphatic carbocycles. The summed E-state index contributed by atoms with van der Waals surface area (Å²) in [7, 11) is -2.21. The summed E-state index contributed by atoms with van der Waals surface area (Å²) in [6.45, 7) is 0. The second kappa shape index (κ2) is 6.24. The topological polar surface area (TPSA) is 80.5 Å². The lowest BCUT2D eigenvalue weighted by atomic mass is 10.1. The van der Waals surface area contributed by atoms with Crippen molar-refractivity contribution in [3.05, 3.63) is 27.2 Å². The Morgan fingerprint density at radius 3 is 2.48 bits per heavy atom. The molecule has 0 heterocycles. The van der Waals surface area contributed by atoms with E-state index in [1.54, 1.807) is 11.9 Å². The number of carbonyl (C=O) groups excluding carboxylic acids is 1. The number of halogens is 2. The van der Waals surface area contributed by atoms with Gasteiger partial charge in [-0.3, -0.25) is 4.79 Å². The van der Waals surface area contributed by atoms with Crippen molar-refractivity contribution in [1.82, 2.24) is 4.90 Å². The number of benzene rings is 1. The van der Waals surface area contributed by atoms with Crippen LogP contribution in [-0.4, -0.2) is 32.3 Å². The van der Waals surface area contributed by atoms with E-state index in [1.807, 2.05) is 0 Å². The highest BCUT2D eigenvalue weighted by Crippen LogP contribution is 2.30. The molecule has 0 unspecified atom stereocenters. The number of amides is 1. The zero-order chi connectivity index (χ0) is 15.8. The van der Waals surface area contributed by atoms with Crippen molar-refractivity contribution < 1.29 is 13.2 Å². The summed E-state index contributed by atoms with van der Waals surface area (Å²) in [5.41, 5.74) is 0.151. The highest BCUT2D eigenvalue weighted by Gasteiger charge is 2.27. The molecule has 0 aromatic heterocycles. The van der Waals surface area contributed by atoms with Crippen LogP contribution >= 0.6 is 27.5 Å². The quantitative estimate of drug-likeness (QED) is 0.854. The maximum absolute atomic E-state index is 12.5. The summed E-state index contributed by atoms with van der Waals surface area (Å²) >= 11 is 9.19. The number of nitrogens with two attached hydrogens (primary N) is 1. The van der Waals surface area contributed by atoms with E-state index in [0.29, 0.717) is 0 Å². The number of nitrogens with zero attached hydrogens (tertiary/aromatic N) is 1. The van der Waals surface area contributed by atoms with Crippen LogP contribution in [0.15, 0.2) is 21.5 Å². The predicted molar refractivity (Wildman–Crippen MR) is 84.9 cm³/mol. The Morgan fingerprint density at radius 2 is 1.95 bits per heavy atom. The summed E-state index contributed by atoms with van der Waals surface area (Å²) in [4.78, 5) is 14.0. The van der Waals surface area contributed by atoms with Crippen LogP contribution in [0.2, 0.25) is 5.02 Å². The lowest BCUT2D eigenvalue weighted by Gasteiger charge is -2.25. The monoisotopic (exact) mass is 394 g/mol. The highest BCUT2D eigenvalue weighted by atomic mass is 79.9. The van der Waals surface area contributed by atoms with Crippen molar-refractivity contribution in [2.45, 2.75) is 36.6 Å². The van der Waals surface area contributed by atoms with Crippen molar-refractivity contribution in [3.8, 4) is 0 Å². The lowest BCUT2D eigenvalue weighted by molar-refractivity contribution is 0.0735. The standard InChI is InChI=1S/C13H16BrClN2O3S/c1-17(8-4-2-3-5-8)13(18)9-6-12(21(16,19)20)10(14)7-11(9)15/h6-8H,2-5H2,1H3,(H2,16,19,20). The van der Waals surface area contributed by atoms with Gasteiger partial charge in [0.25, 0.3) is 5.91 Å². The summed E-state index contributed by atoms with van der Waals surface area (Å²) in [6, 6.07) is 2.79. The fraction of sp³-hybridized carbons (Fsp3) is 0.462. The van der Waals surface area contributed by atoms with E-state index in [0.717, 1.165) is 25.7 Å². The first-order valence-corrected chi connectivity index (χ1v) is 9.22. The largest absolute Gasteiger partial charge is 0.339 e. The second-order valence-electron chi connectivity index (χ2n) is 5.16. The third-order valence-corrected chi connectivity index (χ3v) is 5.93. The molecule has 0 spiro atoms. The van der Waals surface area contributed by atoms with Gasteiger partial charge in [-0.05, 0) is 40.9 Å². The van der Waals surface area contributed by atoms with Gasteiger partial charge in [0.15, 0.2) is 0 Å². The zero-order valence-electron chi connectivity index (χ0n) is 11.5. The van der Waals surface area contributed by atoms with Crippen LogP contribution < -0.4 is 5.14 Å². The van der Waals surface area contributed by atoms with Gasteiger partial charge < -0.3 is 4.90 Å². The normalized spacial score (nSPS) is 16.2. The first kappa shape index (κ1) is 16.7. The molecule has 0 radical (unpaired) electrons. The van der Waals surface area contributed by atoms with E-state index in [2.05, 4.69) is 15.9 Å². The van der Waals surface area contributed by atoms with Gasteiger partial charge in [-0.2, -0.15) is 0 Å². The van der Waals surface area contributed by atoms with Crippen molar-refractivity contribution in [3.63, 3.8) is 0 Å². The number of sulfonamides is 1. The molecule has 21 heavy (non-hydrogen) atoms. The molecule has 1 fully saturated rings. The van der Waals surface area contributed by atoms with Gasteiger partial charge in [-0.15, -0.1) is 0 Å². The molecule has 116 valence electrons. The molecule has 1 aromatic rings. The summed E-state index contributed by atoms with van der Waals surface area (Å²) in [5, 5.41) is 5.35. The van der Waals surface area contributed by atoms with Crippen molar-refractivity contribution >= 4 is 43.5 Å². The van der Waals surface area contributed by atoms with Gasteiger partial charge >= 0.3 is 0 Å². The number of rotatable bonds is 3. The molecule has 1 aliphatic rings. The summed E-state index contributed by atoms with van der Waals surface area (Å²) in [6.07, 6.45) is 4.11. The first-order valence-electron chi connectivity index (χ1n) is 6.51. The summed E-state index contributed by atoms with van der Waals surface area (Å²) < 4.78 is 23.3. The molecule has 0 bridgehead atoms. The van der Waals surface area contributed by atoms with Crippen LogP contribution in [0.4, 0.5) is 0 Å². The molecule has 5 nitrogen and oxygen atoms in total. The Bertz CT molecular complexity index is 672. The first-order chi connectivity index (χ1) is 9.71. The van der Waals surface area contributed by atoms with E-state index in [9.17, 15) is 13.2 Å². The van der Waals surface area contributed by atoms with Gasteiger partial charge in [0.05, 0.1) is 15.5 Å². The molecule has 8 heteroatoms. The molecular formula is C13H16BrClN2O3S. The van der Waals surface area contributed by atoms with Crippen LogP contribution in [0.25, 0.3) is 0 Å². The Hall–Kier alpha value is -0.630. The van der Waals surface area contributed by atoms with Crippen LogP contribution in [0.3, 0.4) is 0 Å². The van der Waals surface area contributed by atoms with Crippen LogP contribution in [-0.2, 0) is 10.0 Å². The van der Waals surface area contributed by atoms with E-state index >= 15 is 0 Å². The number of hydrogen-bond acceptors (Lipinski definition) is 3. The SMILES string of the molecule is CN(C(=O)c1cc(S(N)(=O)=O)c(Br)cc1Cl)C1CCCC1. The van der Waals surface area contributed by atoms with Gasteiger partial charge in [-0.25, -0.2) is 13.6 Å². The van der Waals surface area contributed by atoms with E-state index < -0.39 is 10.0 Å². The molecule has 1 aromatic carbocycles. The Balaban J connectivity index is 2.41. The smallest absolute Gasteiger partial charge is 0.255 e. The predicted octanol–water partition coefficient (Wildman–Crippen LogP) is 2.76. The second-order valence-corrected chi connectivity index (χ2v) is 7.95. The molecule has 1 amide bonds. The Morgan fingerprint density at radius 1 is 1.38 bits per heavy atom. The van der Waals surface area contributed by atoms with Crippen molar-refractivity contribution in [1.29, 1.82) is 0 Å². The third kappa shape index (κ3) is 3.59. The lowest BCUT2D eigenvalue weighted by Crippen LogP contribution is -2.35. The highest BCUT2D eigenvalue weighted by molar-refractivity contribution is 9.10. The molecular weight excluding hydrogens is 380 g/mol. The molecule has 0 aliphatic heterocycles. The molecule has 2 rings (SSSR count). The number of hydrogen-bond donors (Lipinski definition) is 1. The average molecular weight is 396 g/mol. The van der Waals surface area contributed by atoms with E-state index in [4.69, 9.17) is 16.7 Å². The Kier molecular flexibility index (Phi) is 4.97. The van der Waals surface area contributed by atoms with E-state index in [1.165, 1.54) is 12.1 Å². The number of primary sulfonamides is 1. The maximum Gasteiger partial charge on any atom is 0.255 e. The average Bonchev–Trinajstić information content (AvgIpc) is 2.89. The van der Waals surface area contributed by atoms with Gasteiger partial charge in [-0.1, -0.05) is 24.4 Å². The maximum atomic E-state index is 12.5. The van der Waals surface area contributed by atoms with Gasteiger partial charge in [0, 0.05) is 17.6 Å². The minimum absolute atomic E-state index is 0.143. The van der Waals surface area contributed by atoms with Crippen LogP contribution in [0.5, 0.6) is 0 Å². The molecule has 0 atom stereocenters. The van der Waals surface area contributed by atoms with Crippen molar-refractivity contribution in [2.75, 3.05) is 7.05 Å². The molecule has 0 saturated heterocycles. The minimum Gasteiger partial charge on any atom is -0.339 e. The van der Waals surface area contributed by atoms with Gasteiger partial charge in [0.2, 0.25) is 10.0 Å². The minimum atomic E-state index is -3.93. The van der Waals surface area contributed by atoms with Crippen molar-refractivity contribution in [2.24, 2.45) is 5.14 Å². The Labute approximate surface area is 137 Å². The fourth-order valence-corrected chi connectivity index (χ4v) is 4.57. The number of carbonyl (C=O) groups is 1. The van der Waals surface area contributed by atoms with Crippen LogP contribution in [0, 0.1) is 0 Å². The van der Waals surface area contributed by atoms with Crippen LogP contribution in [0.1, 0.15) is 36.0 Å². The zero-order valence-corrected chi connectivity index (χ0v) is 14.6. The third-order valence-electron chi connectivity index (χ3n) is 3.75. The summed E-state index contributed by atoms with van der Waals surface area (Å²) in [5.74, 6) is -0.288.